The summed E-state index contributed by atoms with van der Waals surface area (Å²) in [6, 6.07) is 7.07. The van der Waals surface area contributed by atoms with Gasteiger partial charge in [0, 0.05) is 30.4 Å². The maximum atomic E-state index is 12.0. The molecule has 0 radical (unpaired) electrons. The summed E-state index contributed by atoms with van der Waals surface area (Å²) < 4.78 is 0. The van der Waals surface area contributed by atoms with E-state index in [2.05, 4.69) is 20.3 Å². The normalized spacial score (nSPS) is 13.4. The number of phenolic OH excluding ortho intramolecular Hbond substituents is 1. The Morgan fingerprint density at radius 1 is 1.16 bits per heavy atom. The van der Waals surface area contributed by atoms with Gasteiger partial charge in [-0.15, -0.1) is 0 Å². The molecule has 0 saturated carbocycles. The van der Waals surface area contributed by atoms with Gasteiger partial charge in [-0.05, 0) is 49.2 Å². The number of aromatic nitrogens is 3. The van der Waals surface area contributed by atoms with Crippen molar-refractivity contribution in [3.05, 3.63) is 52.8 Å². The molecule has 2 aromatic heterocycles. The molecule has 3 heterocycles. The van der Waals surface area contributed by atoms with Crippen molar-refractivity contribution in [1.29, 1.82) is 0 Å². The number of benzene rings is 1. The largest absolute Gasteiger partial charge is 0.508 e. The molecule has 126 valence electrons. The molecule has 3 N–H and O–H groups in total. The first kappa shape index (κ1) is 15.4. The third-order valence-corrected chi connectivity index (χ3v) is 4.48. The smallest absolute Gasteiger partial charge is 0.253 e. The topological polar surface area (TPSA) is 90.9 Å². The second-order valence-electron chi connectivity index (χ2n) is 6.30. The number of nitrogens with zero attached hydrogens (tertiary/aromatic N) is 2. The zero-order chi connectivity index (χ0) is 17.6. The van der Waals surface area contributed by atoms with Crippen LogP contribution in [0.5, 0.6) is 5.75 Å². The number of aromatic amines is 1. The minimum Gasteiger partial charge on any atom is -0.508 e. The molecule has 0 unspecified atom stereocenters. The predicted octanol–water partition coefficient (Wildman–Crippen LogP) is 2.75. The van der Waals surface area contributed by atoms with E-state index < -0.39 is 0 Å². The number of rotatable bonds is 2. The molecule has 25 heavy (non-hydrogen) atoms. The number of fused-ring (bicyclic) bond motifs is 1. The van der Waals surface area contributed by atoms with E-state index in [0.29, 0.717) is 17.9 Å². The monoisotopic (exact) mass is 334 g/mol. The predicted molar refractivity (Wildman–Crippen MR) is 94.4 cm³/mol. The lowest BCUT2D eigenvalue weighted by Crippen LogP contribution is -2.31. The molecule has 3 aromatic rings. The Labute approximate surface area is 145 Å². The summed E-state index contributed by atoms with van der Waals surface area (Å²) in [6.07, 6.45) is 2.50. The highest BCUT2D eigenvalue weighted by atomic mass is 16.3. The highest BCUT2D eigenvalue weighted by Crippen LogP contribution is 2.30. The van der Waals surface area contributed by atoms with Crippen molar-refractivity contribution in [2.45, 2.75) is 20.3 Å². The average Bonchev–Trinajstić information content (AvgIpc) is 3.00. The Bertz CT molecular complexity index is 968. The van der Waals surface area contributed by atoms with Crippen LogP contribution in [-0.4, -0.2) is 32.5 Å². The first-order chi connectivity index (χ1) is 12.0. The van der Waals surface area contributed by atoms with E-state index in [4.69, 9.17) is 0 Å². The zero-order valence-corrected chi connectivity index (χ0v) is 14.1. The van der Waals surface area contributed by atoms with E-state index in [0.717, 1.165) is 40.2 Å². The molecule has 0 fully saturated rings. The van der Waals surface area contributed by atoms with Crippen LogP contribution in [0.25, 0.3) is 22.8 Å². The number of hydrogen-bond donors (Lipinski definition) is 3. The average molecular weight is 334 g/mol. The van der Waals surface area contributed by atoms with Crippen LogP contribution >= 0.6 is 0 Å². The van der Waals surface area contributed by atoms with Gasteiger partial charge in [-0.1, -0.05) is 0 Å². The Hall–Kier alpha value is -3.15. The van der Waals surface area contributed by atoms with E-state index in [-0.39, 0.29) is 11.7 Å². The van der Waals surface area contributed by atoms with Gasteiger partial charge in [0.1, 0.15) is 5.75 Å². The number of aromatic hydroxyl groups is 1. The van der Waals surface area contributed by atoms with Gasteiger partial charge in [-0.25, -0.2) is 9.97 Å². The molecular weight excluding hydrogens is 316 g/mol. The minimum atomic E-state index is -0.0525. The van der Waals surface area contributed by atoms with Crippen LogP contribution in [-0.2, 0) is 6.42 Å². The second-order valence-corrected chi connectivity index (χ2v) is 6.30. The quantitative estimate of drug-likeness (QED) is 0.672. The maximum Gasteiger partial charge on any atom is 0.253 e. The van der Waals surface area contributed by atoms with E-state index in [1.165, 1.54) is 0 Å². The fraction of sp³-hybridized carbons (Fsp3) is 0.211. The first-order valence-electron chi connectivity index (χ1n) is 8.17. The van der Waals surface area contributed by atoms with Gasteiger partial charge in [-0.3, -0.25) is 4.79 Å². The maximum absolute atomic E-state index is 12.0. The van der Waals surface area contributed by atoms with Crippen molar-refractivity contribution < 1.29 is 9.90 Å². The van der Waals surface area contributed by atoms with Gasteiger partial charge < -0.3 is 15.4 Å². The fourth-order valence-electron chi connectivity index (χ4n) is 3.35. The molecule has 0 saturated heterocycles. The van der Waals surface area contributed by atoms with Crippen molar-refractivity contribution in [3.63, 3.8) is 0 Å². The molecule has 6 nitrogen and oxygen atoms in total. The molecule has 0 bridgehead atoms. The van der Waals surface area contributed by atoms with Crippen LogP contribution in [0.3, 0.4) is 0 Å². The number of aryl methyl sites for hydroxylation is 2. The summed E-state index contributed by atoms with van der Waals surface area (Å²) in [5, 5.41) is 12.6. The van der Waals surface area contributed by atoms with E-state index in [1.54, 1.807) is 18.3 Å². The molecule has 0 spiro atoms. The second kappa shape index (κ2) is 5.73. The number of carbonyl (C=O) groups excluding carboxylic acids is 1. The molecule has 1 aromatic carbocycles. The molecule has 0 atom stereocenters. The van der Waals surface area contributed by atoms with Crippen molar-refractivity contribution in [2.75, 3.05) is 6.54 Å². The summed E-state index contributed by atoms with van der Waals surface area (Å²) in [4.78, 5) is 24.3. The lowest BCUT2D eigenvalue weighted by atomic mass is 10.0. The molecule has 4 rings (SSSR count). The van der Waals surface area contributed by atoms with Crippen molar-refractivity contribution in [2.24, 2.45) is 0 Å². The van der Waals surface area contributed by atoms with Crippen LogP contribution in [0.2, 0.25) is 0 Å². The fourth-order valence-corrected chi connectivity index (χ4v) is 3.35. The Kier molecular flexibility index (Phi) is 3.53. The van der Waals surface area contributed by atoms with E-state index in [9.17, 15) is 9.90 Å². The molecule has 0 aliphatic carbocycles. The van der Waals surface area contributed by atoms with Gasteiger partial charge in [0.2, 0.25) is 0 Å². The minimum absolute atomic E-state index is 0.0525. The van der Waals surface area contributed by atoms with Crippen LogP contribution in [0.15, 0.2) is 30.5 Å². The number of carbonyl (C=O) groups is 1. The first-order valence-corrected chi connectivity index (χ1v) is 8.17. The Balaban J connectivity index is 1.80. The molecule has 6 heteroatoms. The van der Waals surface area contributed by atoms with Gasteiger partial charge >= 0.3 is 0 Å². The summed E-state index contributed by atoms with van der Waals surface area (Å²) >= 11 is 0. The van der Waals surface area contributed by atoms with E-state index in [1.807, 2.05) is 26.0 Å². The number of nitrogens with one attached hydrogen (secondary N) is 2. The standard InChI is InChI=1S/C19H18N4O2/c1-10-7-12(24)8-11(2)17(10)18-20-5-4-15(23-18)16-9-13-14(22-16)3-6-21-19(13)25/h4-5,7-9,22,24H,3,6H2,1-2H3,(H,21,25). The van der Waals surface area contributed by atoms with Crippen molar-refractivity contribution in [3.8, 4) is 28.5 Å². The van der Waals surface area contributed by atoms with E-state index >= 15 is 0 Å². The Morgan fingerprint density at radius 3 is 2.64 bits per heavy atom. The van der Waals surface area contributed by atoms with Crippen LogP contribution in [0.1, 0.15) is 27.2 Å². The highest BCUT2D eigenvalue weighted by molar-refractivity contribution is 5.97. The lowest BCUT2D eigenvalue weighted by molar-refractivity contribution is 0.0946. The van der Waals surface area contributed by atoms with Gasteiger partial charge in [0.25, 0.3) is 5.91 Å². The van der Waals surface area contributed by atoms with Crippen LogP contribution < -0.4 is 5.32 Å². The van der Waals surface area contributed by atoms with Crippen LogP contribution in [0, 0.1) is 13.8 Å². The van der Waals surface area contributed by atoms with Gasteiger partial charge in [0.15, 0.2) is 5.82 Å². The number of phenols is 1. The Morgan fingerprint density at radius 2 is 1.92 bits per heavy atom. The number of amides is 1. The van der Waals surface area contributed by atoms with Gasteiger partial charge in [-0.2, -0.15) is 0 Å². The van der Waals surface area contributed by atoms with Crippen molar-refractivity contribution in [1.82, 2.24) is 20.3 Å². The summed E-state index contributed by atoms with van der Waals surface area (Å²) in [5.74, 6) is 0.783. The molecule has 1 amide bonds. The summed E-state index contributed by atoms with van der Waals surface area (Å²) in [5.41, 5.74) is 5.90. The molecule has 1 aliphatic heterocycles. The lowest BCUT2D eigenvalue weighted by Gasteiger charge is -2.11. The van der Waals surface area contributed by atoms with Crippen molar-refractivity contribution >= 4 is 5.91 Å². The summed E-state index contributed by atoms with van der Waals surface area (Å²) in [7, 11) is 0. The highest BCUT2D eigenvalue weighted by Gasteiger charge is 2.20. The zero-order valence-electron chi connectivity index (χ0n) is 14.1. The number of hydrogen-bond acceptors (Lipinski definition) is 4. The third kappa shape index (κ3) is 2.65. The summed E-state index contributed by atoms with van der Waals surface area (Å²) in [6.45, 7) is 4.50. The SMILES string of the molecule is Cc1cc(O)cc(C)c1-c1nccc(-c2cc3c([nH]2)CCNC3=O)n1. The number of H-pyrrole nitrogens is 1. The molecular formula is C19H18N4O2. The third-order valence-electron chi connectivity index (χ3n) is 4.48. The molecule has 1 aliphatic rings. The van der Waals surface area contributed by atoms with Crippen LogP contribution in [0.4, 0.5) is 0 Å². The van der Waals surface area contributed by atoms with Gasteiger partial charge in [0.05, 0.1) is 17.0 Å².